The Morgan fingerprint density at radius 2 is 1.33 bits per heavy atom. The predicted octanol–water partition coefficient (Wildman–Crippen LogP) is 2.34. The van der Waals surface area contributed by atoms with Gasteiger partial charge in [-0.15, -0.1) is 0 Å². The fourth-order valence-corrected chi connectivity index (χ4v) is 6.27. The Morgan fingerprint density at radius 3 is 1.80 bits per heavy atom. The number of piperidine rings is 1. The van der Waals surface area contributed by atoms with Gasteiger partial charge in [0.1, 0.15) is 18.1 Å². The molecule has 0 aromatic carbocycles. The lowest BCUT2D eigenvalue weighted by Gasteiger charge is -2.38. The molecule has 0 spiro atoms. The topological polar surface area (TPSA) is 171 Å². The van der Waals surface area contributed by atoms with Crippen LogP contribution in [-0.2, 0) is 24.0 Å². The number of hydrogen-bond donors (Lipinski definition) is 4. The molecule has 5 N–H and O–H groups in total. The summed E-state index contributed by atoms with van der Waals surface area (Å²) >= 11 is 0. The molecule has 2 heterocycles. The molecule has 1 unspecified atom stereocenters. The average Bonchev–Trinajstić information content (AvgIpc) is 3.65. The largest absolute Gasteiger partial charge is 0.363 e. The van der Waals surface area contributed by atoms with Crippen LogP contribution in [0.2, 0.25) is 0 Å². The number of nitrogens with two attached hydrogens (primary N) is 1. The summed E-state index contributed by atoms with van der Waals surface area (Å²) in [7, 11) is 0. The van der Waals surface area contributed by atoms with E-state index in [0.717, 1.165) is 32.1 Å². The summed E-state index contributed by atoms with van der Waals surface area (Å²) in [6.45, 7) is 16.8. The molecule has 3 aliphatic rings. The van der Waals surface area contributed by atoms with Gasteiger partial charge >= 0.3 is 6.03 Å². The van der Waals surface area contributed by atoms with Crippen molar-refractivity contribution in [2.75, 3.05) is 19.6 Å². The number of urea groups is 1. The molecule has 0 radical (unpaired) electrons. The van der Waals surface area contributed by atoms with Crippen LogP contribution in [0, 0.1) is 28.6 Å². The summed E-state index contributed by atoms with van der Waals surface area (Å²) in [5.74, 6) is -2.58. The van der Waals surface area contributed by atoms with E-state index in [4.69, 9.17) is 5.73 Å². The number of carbonyl (C=O) groups excluding carboxylic acids is 6. The van der Waals surface area contributed by atoms with Gasteiger partial charge in [-0.3, -0.25) is 24.0 Å². The van der Waals surface area contributed by atoms with Crippen LogP contribution in [0.25, 0.3) is 0 Å². The molecule has 1 saturated carbocycles. The molecule has 0 aromatic rings. The first-order chi connectivity index (χ1) is 20.8. The molecular formula is C33H56N6O6. The van der Waals surface area contributed by atoms with Crippen LogP contribution in [0.1, 0.15) is 100 Å². The molecule has 3 fully saturated rings. The van der Waals surface area contributed by atoms with E-state index in [1.807, 2.05) is 55.4 Å². The van der Waals surface area contributed by atoms with E-state index in [0.29, 0.717) is 32.5 Å². The summed E-state index contributed by atoms with van der Waals surface area (Å²) in [5, 5.41) is 8.45. The minimum absolute atomic E-state index is 0.0142. The number of likely N-dealkylation sites (tertiary alicyclic amines) is 2. The van der Waals surface area contributed by atoms with Gasteiger partial charge in [-0.1, -0.05) is 68.2 Å². The number of carbonyl (C=O) groups is 6. The van der Waals surface area contributed by atoms with Gasteiger partial charge in [0.2, 0.25) is 23.5 Å². The first-order valence-electron chi connectivity index (χ1n) is 16.6. The summed E-state index contributed by atoms with van der Waals surface area (Å²) in [6, 6.07) is -4.37. The van der Waals surface area contributed by atoms with Crippen molar-refractivity contribution in [1.82, 2.24) is 25.8 Å². The molecule has 5 atom stereocenters. The highest BCUT2D eigenvalue weighted by atomic mass is 16.2. The molecule has 2 saturated heterocycles. The molecular weight excluding hydrogens is 576 g/mol. The van der Waals surface area contributed by atoms with E-state index in [1.165, 1.54) is 4.90 Å². The van der Waals surface area contributed by atoms with E-state index in [2.05, 4.69) is 16.0 Å². The van der Waals surface area contributed by atoms with Crippen LogP contribution in [-0.4, -0.2) is 89.0 Å². The number of nitrogens with zero attached hydrogens (tertiary/aromatic N) is 2. The lowest BCUT2D eigenvalue weighted by atomic mass is 9.84. The summed E-state index contributed by atoms with van der Waals surface area (Å²) in [4.78, 5) is 82.6. The van der Waals surface area contributed by atoms with Gasteiger partial charge in [-0.05, 0) is 60.7 Å². The van der Waals surface area contributed by atoms with Gasteiger partial charge < -0.3 is 31.5 Å². The van der Waals surface area contributed by atoms with Crippen LogP contribution in [0.3, 0.4) is 0 Å². The van der Waals surface area contributed by atoms with Gasteiger partial charge in [0.25, 0.3) is 5.91 Å². The van der Waals surface area contributed by atoms with E-state index in [-0.39, 0.29) is 23.7 Å². The number of Topliss-reactive ketones (excluding diaryl/α,β-unsaturated/α-hetero) is 1. The maximum Gasteiger partial charge on any atom is 0.316 e. The van der Waals surface area contributed by atoms with Gasteiger partial charge in [0.15, 0.2) is 0 Å². The molecule has 12 heteroatoms. The Kier molecular flexibility index (Phi) is 11.7. The third-order valence-corrected chi connectivity index (χ3v) is 9.45. The number of primary amides is 1. The Balaban J connectivity index is 1.81. The normalized spacial score (nSPS) is 22.8. The summed E-state index contributed by atoms with van der Waals surface area (Å²) in [6.07, 6.45) is 5.48. The first-order valence-corrected chi connectivity index (χ1v) is 16.6. The monoisotopic (exact) mass is 632 g/mol. The maximum absolute atomic E-state index is 14.3. The zero-order chi connectivity index (χ0) is 33.9. The van der Waals surface area contributed by atoms with E-state index in [1.54, 1.807) is 4.90 Å². The molecule has 0 bridgehead atoms. The van der Waals surface area contributed by atoms with Crippen LogP contribution < -0.4 is 21.7 Å². The van der Waals surface area contributed by atoms with E-state index in [9.17, 15) is 28.8 Å². The van der Waals surface area contributed by atoms with Crippen molar-refractivity contribution in [1.29, 1.82) is 0 Å². The molecule has 6 amide bonds. The predicted molar refractivity (Wildman–Crippen MR) is 171 cm³/mol. The highest BCUT2D eigenvalue weighted by Crippen LogP contribution is 2.35. The van der Waals surface area contributed by atoms with Gasteiger partial charge in [0, 0.05) is 19.6 Å². The SMILES string of the molecule is CC(C)[C@@H]1C[C@@H](C(=O)NC(CC2CC2)C(=O)C(N)=O)N(C(=O)[C@@H](NC(=O)N[C@H](C(=O)N2CCCCC2)C(C)(C)C)C(C)(C)C)C1. The number of hydrogen-bond acceptors (Lipinski definition) is 6. The zero-order valence-corrected chi connectivity index (χ0v) is 28.5. The maximum atomic E-state index is 14.3. The number of rotatable bonds is 11. The fraction of sp³-hybridized carbons (Fsp3) is 0.818. The van der Waals surface area contributed by atoms with Crippen molar-refractivity contribution in [3.63, 3.8) is 0 Å². The summed E-state index contributed by atoms with van der Waals surface area (Å²) in [5.41, 5.74) is 3.97. The van der Waals surface area contributed by atoms with Crippen LogP contribution in [0.15, 0.2) is 0 Å². The Labute approximate surface area is 268 Å². The van der Waals surface area contributed by atoms with Crippen LogP contribution in [0.5, 0.6) is 0 Å². The molecule has 45 heavy (non-hydrogen) atoms. The lowest BCUT2D eigenvalue weighted by molar-refractivity contribution is -0.143. The van der Waals surface area contributed by atoms with Crippen molar-refractivity contribution in [3.8, 4) is 0 Å². The second kappa shape index (κ2) is 14.5. The van der Waals surface area contributed by atoms with Gasteiger partial charge in [-0.25, -0.2) is 4.79 Å². The third kappa shape index (κ3) is 9.66. The highest BCUT2D eigenvalue weighted by molar-refractivity contribution is 6.37. The Morgan fingerprint density at radius 1 is 0.800 bits per heavy atom. The van der Waals surface area contributed by atoms with E-state index < -0.39 is 64.5 Å². The molecule has 2 aliphatic heterocycles. The second-order valence-electron chi connectivity index (χ2n) is 15.8. The fourth-order valence-electron chi connectivity index (χ4n) is 6.27. The van der Waals surface area contributed by atoms with Gasteiger partial charge in [-0.2, -0.15) is 0 Å². The second-order valence-corrected chi connectivity index (χ2v) is 15.8. The minimum atomic E-state index is -1.10. The highest BCUT2D eigenvalue weighted by Gasteiger charge is 2.47. The molecule has 12 nitrogen and oxygen atoms in total. The van der Waals surface area contributed by atoms with Crippen molar-refractivity contribution in [2.24, 2.45) is 34.3 Å². The molecule has 254 valence electrons. The molecule has 1 aliphatic carbocycles. The number of amides is 6. The Bertz CT molecular complexity index is 1130. The molecule has 3 rings (SSSR count). The lowest BCUT2D eigenvalue weighted by Crippen LogP contribution is -2.62. The van der Waals surface area contributed by atoms with Crippen molar-refractivity contribution in [3.05, 3.63) is 0 Å². The van der Waals surface area contributed by atoms with Crippen molar-refractivity contribution >= 4 is 35.4 Å². The van der Waals surface area contributed by atoms with Crippen LogP contribution >= 0.6 is 0 Å². The van der Waals surface area contributed by atoms with Crippen molar-refractivity contribution < 1.29 is 28.8 Å². The Hall–Kier alpha value is -3.18. The zero-order valence-electron chi connectivity index (χ0n) is 28.5. The standard InChI is InChI=1S/C33H56N6O6/c1-19(2)21-17-23(28(42)35-22(16-20-12-13-20)24(40)27(34)41)39(18-21)30(44)26(33(6,7)8)37-31(45)36-25(32(3,4)5)29(43)38-14-10-9-11-15-38/h19-23,25-26H,9-18H2,1-8H3,(H2,34,41)(H,35,42)(H2,36,37,45)/t21-,22?,23+,25-,26-/m1/s1. The van der Waals surface area contributed by atoms with Crippen molar-refractivity contribution in [2.45, 2.75) is 125 Å². The number of ketones is 1. The number of nitrogens with one attached hydrogen (secondary N) is 3. The minimum Gasteiger partial charge on any atom is -0.363 e. The molecule has 0 aromatic heterocycles. The smallest absolute Gasteiger partial charge is 0.316 e. The van der Waals surface area contributed by atoms with Crippen LogP contribution in [0.4, 0.5) is 4.79 Å². The first kappa shape index (κ1) is 36.3. The third-order valence-electron chi connectivity index (χ3n) is 9.45. The average molecular weight is 633 g/mol. The quantitative estimate of drug-likeness (QED) is 0.255. The summed E-state index contributed by atoms with van der Waals surface area (Å²) < 4.78 is 0. The van der Waals surface area contributed by atoms with E-state index >= 15 is 0 Å². The van der Waals surface area contributed by atoms with Gasteiger partial charge in [0.05, 0.1) is 6.04 Å².